The smallest absolute Gasteiger partial charge is 0.253 e. The number of carbonyl (C=O) groups excluding carboxylic acids is 1. The monoisotopic (exact) mass is 461 g/mol. The van der Waals surface area contributed by atoms with Gasteiger partial charge in [0.1, 0.15) is 11.6 Å². The lowest BCUT2D eigenvalue weighted by molar-refractivity contribution is 0.0950. The average Bonchev–Trinajstić information content (AvgIpc) is 3.19. The van der Waals surface area contributed by atoms with Crippen LogP contribution in [0.5, 0.6) is 0 Å². The lowest BCUT2D eigenvalue weighted by Crippen LogP contribution is -2.28. The van der Waals surface area contributed by atoms with E-state index in [0.717, 1.165) is 22.4 Å². The van der Waals surface area contributed by atoms with E-state index in [2.05, 4.69) is 10.3 Å². The number of nitrogens with one attached hydrogen (secondary N) is 1. The van der Waals surface area contributed by atoms with Gasteiger partial charge in [0.15, 0.2) is 0 Å². The fourth-order valence-electron chi connectivity index (χ4n) is 3.77. The first-order valence-corrected chi connectivity index (χ1v) is 11.2. The number of hydrogen-bond donors (Lipinski definition) is 1. The predicted octanol–water partition coefficient (Wildman–Crippen LogP) is 6.60. The molecule has 0 saturated heterocycles. The predicted molar refractivity (Wildman–Crippen MR) is 132 cm³/mol. The largest absolute Gasteiger partial charge is 0.352 e. The number of halogens is 2. The van der Waals surface area contributed by atoms with E-state index in [9.17, 15) is 9.18 Å². The van der Waals surface area contributed by atoms with Crippen LogP contribution in [0.15, 0.2) is 72.9 Å². The summed E-state index contributed by atoms with van der Waals surface area (Å²) in [5.74, 6) is 0.477. The Balaban J connectivity index is 1.83. The molecule has 4 nitrogen and oxygen atoms in total. The Morgan fingerprint density at radius 3 is 2.33 bits per heavy atom. The minimum Gasteiger partial charge on any atom is -0.352 e. The SMILES string of the molecule is CC(C)CNC(=O)c1c(-c2ccccc2)ccc(-c2cnc(-c3ccc(F)cc3)n2C)c1Cl. The summed E-state index contributed by atoms with van der Waals surface area (Å²) in [6.07, 6.45) is 1.72. The summed E-state index contributed by atoms with van der Waals surface area (Å²) in [6, 6.07) is 19.7. The molecule has 1 heterocycles. The Bertz CT molecular complexity index is 1280. The highest BCUT2D eigenvalue weighted by atomic mass is 35.5. The number of imidazole rings is 1. The first-order valence-electron chi connectivity index (χ1n) is 10.8. The van der Waals surface area contributed by atoms with E-state index in [0.29, 0.717) is 34.4 Å². The molecular formula is C27H25ClFN3O. The molecule has 1 N–H and O–H groups in total. The molecule has 0 spiro atoms. The van der Waals surface area contributed by atoms with Crippen LogP contribution in [0.1, 0.15) is 24.2 Å². The topological polar surface area (TPSA) is 46.9 Å². The Morgan fingerprint density at radius 1 is 1.00 bits per heavy atom. The van der Waals surface area contributed by atoms with Crippen LogP contribution in [0.4, 0.5) is 4.39 Å². The van der Waals surface area contributed by atoms with Crippen molar-refractivity contribution < 1.29 is 9.18 Å². The standard InChI is InChI=1S/C27H25ClFN3O/c1-17(2)15-31-27(33)24-21(18-7-5-4-6-8-18)13-14-22(25(24)28)23-16-30-26(32(23)3)19-9-11-20(29)12-10-19/h4-14,16-17H,15H2,1-3H3,(H,31,33). The molecular weight excluding hydrogens is 437 g/mol. The quantitative estimate of drug-likeness (QED) is 0.351. The summed E-state index contributed by atoms with van der Waals surface area (Å²) in [4.78, 5) is 17.8. The maximum absolute atomic E-state index is 13.4. The molecule has 33 heavy (non-hydrogen) atoms. The summed E-state index contributed by atoms with van der Waals surface area (Å²) in [7, 11) is 1.88. The van der Waals surface area contributed by atoms with Crippen LogP contribution < -0.4 is 5.32 Å². The molecule has 0 aliphatic rings. The molecule has 0 atom stereocenters. The van der Waals surface area contributed by atoms with Crippen LogP contribution in [-0.2, 0) is 7.05 Å². The molecule has 0 unspecified atom stereocenters. The molecule has 6 heteroatoms. The summed E-state index contributed by atoms with van der Waals surface area (Å²) in [5.41, 5.74) is 4.37. The highest BCUT2D eigenvalue weighted by Crippen LogP contribution is 2.38. The van der Waals surface area contributed by atoms with Crippen LogP contribution >= 0.6 is 11.6 Å². The summed E-state index contributed by atoms with van der Waals surface area (Å²) in [6.45, 7) is 4.64. The fraction of sp³-hybridized carbons (Fsp3) is 0.185. The van der Waals surface area contributed by atoms with Crippen molar-refractivity contribution in [1.29, 1.82) is 0 Å². The van der Waals surface area contributed by atoms with E-state index in [1.165, 1.54) is 12.1 Å². The van der Waals surface area contributed by atoms with Crippen LogP contribution in [0.25, 0.3) is 33.8 Å². The van der Waals surface area contributed by atoms with Gasteiger partial charge in [0.25, 0.3) is 5.91 Å². The van der Waals surface area contributed by atoms with Gasteiger partial charge in [-0.15, -0.1) is 0 Å². The van der Waals surface area contributed by atoms with Gasteiger partial charge < -0.3 is 9.88 Å². The number of aromatic nitrogens is 2. The van der Waals surface area contributed by atoms with Crippen molar-refractivity contribution in [3.8, 4) is 33.8 Å². The van der Waals surface area contributed by atoms with Crippen molar-refractivity contribution >= 4 is 17.5 Å². The number of hydrogen-bond acceptors (Lipinski definition) is 2. The molecule has 3 aromatic carbocycles. The minimum absolute atomic E-state index is 0.213. The van der Waals surface area contributed by atoms with Gasteiger partial charge in [-0.2, -0.15) is 0 Å². The van der Waals surface area contributed by atoms with Crippen LogP contribution in [0.2, 0.25) is 5.02 Å². The van der Waals surface area contributed by atoms with E-state index >= 15 is 0 Å². The summed E-state index contributed by atoms with van der Waals surface area (Å²) >= 11 is 6.91. The minimum atomic E-state index is -0.301. The third kappa shape index (κ3) is 4.69. The highest BCUT2D eigenvalue weighted by molar-refractivity contribution is 6.37. The van der Waals surface area contributed by atoms with Gasteiger partial charge in [-0.3, -0.25) is 4.79 Å². The van der Waals surface area contributed by atoms with Crippen molar-refractivity contribution in [1.82, 2.24) is 14.9 Å². The Labute approximate surface area is 198 Å². The molecule has 0 saturated carbocycles. The fourth-order valence-corrected chi connectivity index (χ4v) is 4.11. The third-order valence-corrected chi connectivity index (χ3v) is 5.88. The van der Waals surface area contributed by atoms with Gasteiger partial charge in [0.05, 0.1) is 22.5 Å². The number of carbonyl (C=O) groups is 1. The summed E-state index contributed by atoms with van der Waals surface area (Å²) < 4.78 is 15.2. The molecule has 0 bridgehead atoms. The molecule has 4 rings (SSSR count). The molecule has 1 aromatic heterocycles. The Kier molecular flexibility index (Phi) is 6.61. The Hall–Kier alpha value is -3.44. The highest BCUT2D eigenvalue weighted by Gasteiger charge is 2.22. The molecule has 0 aliphatic carbocycles. The van der Waals surface area contributed by atoms with E-state index in [1.807, 2.05) is 67.9 Å². The number of benzene rings is 3. The zero-order valence-corrected chi connectivity index (χ0v) is 19.5. The van der Waals surface area contributed by atoms with Crippen LogP contribution in [0.3, 0.4) is 0 Å². The van der Waals surface area contributed by atoms with Crippen molar-refractivity contribution in [3.63, 3.8) is 0 Å². The van der Waals surface area contributed by atoms with Gasteiger partial charge in [-0.05, 0) is 41.3 Å². The lowest BCUT2D eigenvalue weighted by Gasteiger charge is -2.17. The van der Waals surface area contributed by atoms with Crippen molar-refractivity contribution in [3.05, 3.63) is 89.3 Å². The van der Waals surface area contributed by atoms with Crippen molar-refractivity contribution in [2.24, 2.45) is 13.0 Å². The lowest BCUT2D eigenvalue weighted by atomic mass is 9.95. The van der Waals surface area contributed by atoms with Gasteiger partial charge in [-0.25, -0.2) is 9.37 Å². The maximum Gasteiger partial charge on any atom is 0.253 e. The van der Waals surface area contributed by atoms with E-state index in [1.54, 1.807) is 18.3 Å². The zero-order chi connectivity index (χ0) is 23.5. The van der Waals surface area contributed by atoms with Gasteiger partial charge in [0.2, 0.25) is 0 Å². The second-order valence-electron chi connectivity index (χ2n) is 8.35. The molecule has 168 valence electrons. The second-order valence-corrected chi connectivity index (χ2v) is 8.73. The molecule has 0 radical (unpaired) electrons. The zero-order valence-electron chi connectivity index (χ0n) is 18.8. The van der Waals surface area contributed by atoms with Gasteiger partial charge >= 0.3 is 0 Å². The third-order valence-electron chi connectivity index (χ3n) is 5.49. The number of rotatable bonds is 6. The van der Waals surface area contributed by atoms with Crippen LogP contribution in [0, 0.1) is 11.7 Å². The first-order chi connectivity index (χ1) is 15.9. The molecule has 1 amide bonds. The number of amides is 1. The van der Waals surface area contributed by atoms with E-state index < -0.39 is 0 Å². The molecule has 0 fully saturated rings. The number of nitrogens with zero attached hydrogens (tertiary/aromatic N) is 2. The first kappa shape index (κ1) is 22.7. The maximum atomic E-state index is 13.4. The van der Waals surface area contributed by atoms with Crippen molar-refractivity contribution in [2.75, 3.05) is 6.54 Å². The van der Waals surface area contributed by atoms with E-state index in [4.69, 9.17) is 11.6 Å². The van der Waals surface area contributed by atoms with Gasteiger partial charge in [0, 0.05) is 24.7 Å². The Morgan fingerprint density at radius 2 is 1.67 bits per heavy atom. The van der Waals surface area contributed by atoms with E-state index in [-0.39, 0.29) is 11.7 Å². The molecule has 4 aromatic rings. The average molecular weight is 462 g/mol. The molecule has 0 aliphatic heterocycles. The normalized spacial score (nSPS) is 11.1. The second kappa shape index (κ2) is 9.59. The van der Waals surface area contributed by atoms with Crippen LogP contribution in [-0.4, -0.2) is 22.0 Å². The summed E-state index contributed by atoms with van der Waals surface area (Å²) in [5, 5.41) is 3.36. The van der Waals surface area contributed by atoms with Crippen molar-refractivity contribution in [2.45, 2.75) is 13.8 Å². The van der Waals surface area contributed by atoms with Gasteiger partial charge in [-0.1, -0.05) is 67.9 Å².